The number of anilines is 1. The van der Waals surface area contributed by atoms with E-state index in [0.717, 1.165) is 34.0 Å². The third kappa shape index (κ3) is 2.56. The summed E-state index contributed by atoms with van der Waals surface area (Å²) < 4.78 is 3.83. The van der Waals surface area contributed by atoms with Crippen LogP contribution >= 0.6 is 11.5 Å². The number of aryl methyl sites for hydroxylation is 3. The summed E-state index contributed by atoms with van der Waals surface area (Å²) in [4.78, 5) is 12.7. The van der Waals surface area contributed by atoms with Gasteiger partial charge in [0.25, 0.3) is 5.91 Å². The molecule has 1 aromatic carbocycles. The molecule has 0 fully saturated rings. The fourth-order valence-corrected chi connectivity index (χ4v) is 2.31. The smallest absolute Gasteiger partial charge is 0.269 e. The molecular formula is C13H15N3OS. The second kappa shape index (κ2) is 5.27. The van der Waals surface area contributed by atoms with E-state index in [1.165, 1.54) is 0 Å². The van der Waals surface area contributed by atoms with Crippen molar-refractivity contribution in [1.29, 1.82) is 0 Å². The molecule has 0 atom stereocenters. The monoisotopic (exact) mass is 261 g/mol. The summed E-state index contributed by atoms with van der Waals surface area (Å²) >= 11 is 1.14. The van der Waals surface area contributed by atoms with Crippen molar-refractivity contribution in [3.8, 4) is 0 Å². The summed E-state index contributed by atoms with van der Waals surface area (Å²) in [5.41, 5.74) is 3.76. The lowest BCUT2D eigenvalue weighted by Gasteiger charge is -2.08. The molecule has 5 heteroatoms. The Morgan fingerprint density at radius 1 is 1.39 bits per heavy atom. The Morgan fingerprint density at radius 2 is 2.17 bits per heavy atom. The van der Waals surface area contributed by atoms with E-state index in [1.807, 2.05) is 39.0 Å². The molecule has 0 aliphatic rings. The van der Waals surface area contributed by atoms with Crippen LogP contribution in [0.5, 0.6) is 0 Å². The molecule has 0 unspecified atom stereocenters. The van der Waals surface area contributed by atoms with E-state index in [-0.39, 0.29) is 5.91 Å². The Balaban J connectivity index is 2.24. The molecule has 2 rings (SSSR count). The van der Waals surface area contributed by atoms with Crippen LogP contribution in [0.3, 0.4) is 0 Å². The highest BCUT2D eigenvalue weighted by Gasteiger charge is 2.15. The minimum Gasteiger partial charge on any atom is -0.321 e. The van der Waals surface area contributed by atoms with Gasteiger partial charge < -0.3 is 5.32 Å². The Kier molecular flexibility index (Phi) is 3.72. The highest BCUT2D eigenvalue weighted by molar-refractivity contribution is 7.08. The molecule has 0 aliphatic carbocycles. The molecule has 18 heavy (non-hydrogen) atoms. The lowest BCUT2D eigenvalue weighted by atomic mass is 10.1. The minimum atomic E-state index is -0.129. The first-order valence-corrected chi connectivity index (χ1v) is 6.59. The normalized spacial score (nSPS) is 10.4. The van der Waals surface area contributed by atoms with Gasteiger partial charge in [-0.1, -0.05) is 23.5 Å². The van der Waals surface area contributed by atoms with Crippen LogP contribution in [0.25, 0.3) is 0 Å². The zero-order chi connectivity index (χ0) is 13.1. The molecule has 1 heterocycles. The number of nitrogens with zero attached hydrogens (tertiary/aromatic N) is 2. The first-order chi connectivity index (χ1) is 8.61. The zero-order valence-corrected chi connectivity index (χ0v) is 11.5. The van der Waals surface area contributed by atoms with Crippen LogP contribution < -0.4 is 5.32 Å². The van der Waals surface area contributed by atoms with Gasteiger partial charge in [0.15, 0.2) is 0 Å². The zero-order valence-electron chi connectivity index (χ0n) is 10.7. The van der Waals surface area contributed by atoms with Crippen molar-refractivity contribution < 1.29 is 4.79 Å². The van der Waals surface area contributed by atoms with Crippen molar-refractivity contribution in [1.82, 2.24) is 9.59 Å². The Labute approximate surface area is 110 Å². The summed E-state index contributed by atoms with van der Waals surface area (Å²) in [5.74, 6) is -0.129. The molecule has 2 aromatic rings. The number of amides is 1. The molecule has 1 amide bonds. The second-order valence-electron chi connectivity index (χ2n) is 4.17. The molecule has 0 saturated heterocycles. The average molecular weight is 261 g/mol. The summed E-state index contributed by atoms with van der Waals surface area (Å²) in [6.45, 7) is 5.94. The second-order valence-corrected chi connectivity index (χ2v) is 4.93. The molecular weight excluding hydrogens is 246 g/mol. The fraction of sp³-hybridized carbons (Fsp3) is 0.308. The molecule has 0 bridgehead atoms. The fourth-order valence-electron chi connectivity index (χ4n) is 1.66. The van der Waals surface area contributed by atoms with Crippen LogP contribution in [0.4, 0.5) is 5.69 Å². The van der Waals surface area contributed by atoms with E-state index in [4.69, 9.17) is 0 Å². The quantitative estimate of drug-likeness (QED) is 0.924. The van der Waals surface area contributed by atoms with E-state index in [9.17, 15) is 4.79 Å². The molecule has 94 valence electrons. The Hall–Kier alpha value is -1.75. The van der Waals surface area contributed by atoms with Gasteiger partial charge in [-0.3, -0.25) is 4.79 Å². The number of rotatable bonds is 3. The largest absolute Gasteiger partial charge is 0.321 e. The van der Waals surface area contributed by atoms with Gasteiger partial charge in [0.2, 0.25) is 0 Å². The van der Waals surface area contributed by atoms with E-state index >= 15 is 0 Å². The number of benzene rings is 1. The molecule has 0 aliphatic heterocycles. The van der Waals surface area contributed by atoms with Crippen molar-refractivity contribution in [2.75, 3.05) is 5.32 Å². The van der Waals surface area contributed by atoms with Crippen LogP contribution in [0.1, 0.15) is 33.4 Å². The maximum atomic E-state index is 12.1. The molecule has 0 spiro atoms. The highest BCUT2D eigenvalue weighted by atomic mass is 32.1. The Bertz CT molecular complexity index is 577. The first kappa shape index (κ1) is 12.7. The number of nitrogens with one attached hydrogen (secondary N) is 1. The minimum absolute atomic E-state index is 0.129. The van der Waals surface area contributed by atoms with Crippen LogP contribution in [0.15, 0.2) is 18.2 Å². The third-order valence-corrected chi connectivity index (χ3v) is 3.51. The summed E-state index contributed by atoms with van der Waals surface area (Å²) in [6, 6.07) is 5.99. The maximum absolute atomic E-state index is 12.1. The number of hydrogen-bond acceptors (Lipinski definition) is 4. The molecule has 4 nitrogen and oxygen atoms in total. The number of aromatic nitrogens is 2. The van der Waals surface area contributed by atoms with E-state index < -0.39 is 0 Å². The van der Waals surface area contributed by atoms with Crippen molar-refractivity contribution in [2.24, 2.45) is 0 Å². The summed E-state index contributed by atoms with van der Waals surface area (Å²) in [5, 5.41) is 6.86. The van der Waals surface area contributed by atoms with Crippen molar-refractivity contribution in [3.05, 3.63) is 39.9 Å². The lowest BCUT2D eigenvalue weighted by Crippen LogP contribution is -2.13. The number of carbonyl (C=O) groups is 1. The van der Waals surface area contributed by atoms with Gasteiger partial charge in [0.1, 0.15) is 4.88 Å². The van der Waals surface area contributed by atoms with Crippen molar-refractivity contribution in [3.63, 3.8) is 0 Å². The van der Waals surface area contributed by atoms with E-state index in [1.54, 1.807) is 0 Å². The van der Waals surface area contributed by atoms with E-state index in [2.05, 4.69) is 14.9 Å². The molecule has 1 aromatic heterocycles. The van der Waals surface area contributed by atoms with Crippen LogP contribution in [0.2, 0.25) is 0 Å². The van der Waals surface area contributed by atoms with Gasteiger partial charge in [-0.15, -0.1) is 5.10 Å². The van der Waals surface area contributed by atoms with E-state index in [0.29, 0.717) is 11.3 Å². The first-order valence-electron chi connectivity index (χ1n) is 5.81. The molecule has 0 radical (unpaired) electrons. The Morgan fingerprint density at radius 3 is 2.89 bits per heavy atom. The standard InChI is InChI=1S/C13H15N3OS/c1-4-10-12(18-16-15-10)13(17)14-11-7-8(2)5-6-9(11)3/h5-7H,4H2,1-3H3,(H,14,17). The van der Waals surface area contributed by atoms with Gasteiger partial charge in [-0.25, -0.2) is 0 Å². The summed E-state index contributed by atoms with van der Waals surface area (Å²) in [6.07, 6.45) is 0.714. The van der Waals surface area contributed by atoms with Gasteiger partial charge >= 0.3 is 0 Å². The molecule has 1 N–H and O–H groups in total. The van der Waals surface area contributed by atoms with Gasteiger partial charge in [-0.05, 0) is 49.0 Å². The predicted molar refractivity (Wildman–Crippen MR) is 73.2 cm³/mol. The molecule has 0 saturated carbocycles. The van der Waals surface area contributed by atoms with Gasteiger partial charge in [0, 0.05) is 5.69 Å². The van der Waals surface area contributed by atoms with Crippen LogP contribution in [-0.2, 0) is 6.42 Å². The van der Waals surface area contributed by atoms with Crippen LogP contribution in [0, 0.1) is 13.8 Å². The lowest BCUT2D eigenvalue weighted by molar-refractivity contribution is 0.102. The SMILES string of the molecule is CCc1nnsc1C(=O)Nc1cc(C)ccc1C. The summed E-state index contributed by atoms with van der Waals surface area (Å²) in [7, 11) is 0. The predicted octanol–water partition coefficient (Wildman–Crippen LogP) is 2.97. The topological polar surface area (TPSA) is 54.9 Å². The number of hydrogen-bond donors (Lipinski definition) is 1. The van der Waals surface area contributed by atoms with Crippen molar-refractivity contribution in [2.45, 2.75) is 27.2 Å². The van der Waals surface area contributed by atoms with Gasteiger partial charge in [0.05, 0.1) is 5.69 Å². The van der Waals surface area contributed by atoms with Gasteiger partial charge in [-0.2, -0.15) is 0 Å². The number of carbonyl (C=O) groups excluding carboxylic acids is 1. The highest BCUT2D eigenvalue weighted by Crippen LogP contribution is 2.19. The van der Waals surface area contributed by atoms with Crippen LogP contribution in [-0.4, -0.2) is 15.5 Å². The third-order valence-electron chi connectivity index (χ3n) is 2.74. The average Bonchev–Trinajstić information content (AvgIpc) is 2.82. The van der Waals surface area contributed by atoms with Crippen molar-refractivity contribution >= 4 is 23.1 Å². The maximum Gasteiger partial charge on any atom is 0.269 e.